The first kappa shape index (κ1) is 65.5. The van der Waals surface area contributed by atoms with Gasteiger partial charge in [-0.15, -0.1) is 0 Å². The molecule has 0 spiro atoms. The Labute approximate surface area is 479 Å². The maximum absolute atomic E-state index is 11.0. The molecule has 0 amide bonds. The largest absolute Gasteiger partial charge is 0.659 e. The molecule has 0 saturated carbocycles. The molecule has 0 radical (unpaired) electrons. The van der Waals surface area contributed by atoms with Crippen molar-refractivity contribution < 1.29 is 258 Å². The van der Waals surface area contributed by atoms with Crippen LogP contribution in [-0.2, 0) is 148 Å². The van der Waals surface area contributed by atoms with Crippen molar-refractivity contribution in [3.05, 3.63) is 0 Å². The van der Waals surface area contributed by atoms with E-state index in [1.165, 1.54) is 0 Å². The molecule has 0 aromatic carbocycles. The number of rotatable bonds is 0. The van der Waals surface area contributed by atoms with E-state index in [1.807, 2.05) is 0 Å². The molecule has 0 aromatic rings. The van der Waals surface area contributed by atoms with Crippen molar-refractivity contribution in [1.82, 2.24) is 0 Å². The summed E-state index contributed by atoms with van der Waals surface area (Å²) in [6.45, 7) is 0.820. The maximum atomic E-state index is 11.0. The average Bonchev–Trinajstić information content (AvgIpc) is 0.802. The summed E-state index contributed by atoms with van der Waals surface area (Å²) in [6, 6.07) is 0. The smallest absolute Gasteiger partial charge is 0.369 e. The van der Waals surface area contributed by atoms with Crippen LogP contribution >= 0.6 is 0 Å². The lowest BCUT2D eigenvalue weighted by atomic mass is 11.9. The lowest BCUT2D eigenvalue weighted by Crippen LogP contribution is -2.89. The van der Waals surface area contributed by atoms with Gasteiger partial charge in [0.05, 0.1) is 0 Å². The van der Waals surface area contributed by atoms with Gasteiger partial charge in [0.25, 0.3) is 0 Å². The lowest BCUT2D eigenvalue weighted by molar-refractivity contribution is -0.146. The second-order valence-electron chi connectivity index (χ2n) is 16.6. The molecule has 83 heteroatoms. The van der Waals surface area contributed by atoms with E-state index in [2.05, 4.69) is 37.0 Å². The third-order valence-corrected chi connectivity index (χ3v) is 85.1. The van der Waals surface area contributed by atoms with E-state index in [9.17, 15) is 110 Å². The first-order valence-corrected chi connectivity index (χ1v) is 61.0. The van der Waals surface area contributed by atoms with E-state index < -0.39 is 217 Å². The molecule has 23 N–H and O–H groups in total. The van der Waals surface area contributed by atoms with Gasteiger partial charge >= 0.3 is 217 Å². The van der Waals surface area contributed by atoms with Gasteiger partial charge in [0, 0.05) is 6.55 Å². The van der Waals surface area contributed by atoms with Gasteiger partial charge < -0.3 is 258 Å². The van der Waals surface area contributed by atoms with Crippen molar-refractivity contribution in [2.75, 3.05) is 0 Å². The third kappa shape index (κ3) is 12.5. The summed E-state index contributed by atoms with van der Waals surface area (Å²) in [5.74, 6) is 0. The Morgan fingerprint density at radius 3 is 0.214 bits per heavy atom. The van der Waals surface area contributed by atoms with Crippen LogP contribution in [0.25, 0.3) is 0 Å². The molecular formula is CH26O59Si24. The summed E-state index contributed by atoms with van der Waals surface area (Å²) < 4.78 is 172. The van der Waals surface area contributed by atoms with Gasteiger partial charge in [0.15, 0.2) is 0 Å². The van der Waals surface area contributed by atoms with Crippen molar-refractivity contribution in [3.8, 4) is 0 Å². The zero-order valence-electron chi connectivity index (χ0n) is 38.0. The van der Waals surface area contributed by atoms with Gasteiger partial charge in [-0.1, -0.05) is 0 Å². The predicted octanol–water partition coefficient (Wildman–Crippen LogP) is -23.8. The Kier molecular flexibility index (Phi) is 14.4. The van der Waals surface area contributed by atoms with Crippen LogP contribution in [-0.4, -0.2) is 327 Å². The van der Waals surface area contributed by atoms with E-state index >= 15 is 0 Å². The molecule has 8 atom stereocenters. The summed E-state index contributed by atoms with van der Waals surface area (Å²) in [5.41, 5.74) is 0. The van der Waals surface area contributed by atoms with Crippen LogP contribution in [0.3, 0.4) is 0 Å². The minimum absolute atomic E-state index is 0.820. The molecule has 0 aromatic heterocycles. The first-order valence-electron chi connectivity index (χ1n) is 20.3. The van der Waals surface area contributed by atoms with E-state index in [4.69, 9.17) is 111 Å². The number of fused-ring (bicyclic) bond motifs is 10. The summed E-state index contributed by atoms with van der Waals surface area (Å²) in [4.78, 5) is 242. The Balaban J connectivity index is 0.000000121. The van der Waals surface area contributed by atoms with E-state index in [0.29, 0.717) is 0 Å². The molecule has 24 bridgehead atoms. The zero-order chi connectivity index (χ0) is 61.5. The fourth-order valence-electron chi connectivity index (χ4n) is 7.58. The standard InChI is InChI=1S/CH12O24Si10.H8O20Si8.H6O15Si6/c1-26-11-27(2)14-30(5)16-28(3,12-26)18-32(7)22-33(8)19-29(4,13-26)17-31(6,15-27)21-35(10,24-33)25-34(9,20-30)23-32;1-21-9-22(2)12-25(5)14-23(3,10-21)16-27(7)17-24(4,11-21)15-26(6,13-22)19-28(8,18-25)20-27;1-16-7-17(2)9-18(3,8-16)15-21(6)11-19(4,13-16)10-20(5,12-21)14-17/h2-10H,1H3;1-8H;1-6H. The predicted molar refractivity (Wildman–Crippen MR) is 234 cm³/mol. The lowest BCUT2D eigenvalue weighted by Gasteiger charge is -2.53. The highest BCUT2D eigenvalue weighted by atomic mass is 28.7. The second kappa shape index (κ2) is 18.5. The Bertz CT molecular complexity index is 2090. The minimum atomic E-state index is -5.91. The Hall–Kier alpha value is 2.85. The molecule has 16 heterocycles. The molecule has 16 rings (SSSR count). The molecular weight excluding hydrogens is 1630 g/mol. The topological polar surface area (TPSA) is 798 Å². The Morgan fingerprint density at radius 2 is 0.155 bits per heavy atom. The van der Waals surface area contributed by atoms with Crippen molar-refractivity contribution in [1.29, 1.82) is 0 Å². The van der Waals surface area contributed by atoms with Crippen molar-refractivity contribution in [2.24, 2.45) is 0 Å². The average molecular weight is 1660 g/mol. The highest BCUT2D eigenvalue weighted by Crippen LogP contribution is 2.48. The van der Waals surface area contributed by atoms with Crippen LogP contribution in [0, 0.1) is 0 Å². The van der Waals surface area contributed by atoms with Crippen LogP contribution in [0.2, 0.25) is 6.55 Å². The van der Waals surface area contributed by atoms with Crippen LogP contribution in [0.15, 0.2) is 0 Å². The van der Waals surface area contributed by atoms with Crippen molar-refractivity contribution >= 4 is 217 Å². The molecule has 16 aliphatic rings. The minimum Gasteiger partial charge on any atom is -0.369 e. The molecule has 480 valence electrons. The van der Waals surface area contributed by atoms with Gasteiger partial charge in [0.2, 0.25) is 0 Å². The summed E-state index contributed by atoms with van der Waals surface area (Å²) in [7, 11) is -132. The summed E-state index contributed by atoms with van der Waals surface area (Å²) in [6.07, 6.45) is 0. The van der Waals surface area contributed by atoms with E-state index in [1.54, 1.807) is 0 Å². The summed E-state index contributed by atoms with van der Waals surface area (Å²) in [5, 5.41) is 0. The monoisotopic (exact) mass is 1650 g/mol. The molecule has 84 heavy (non-hydrogen) atoms. The van der Waals surface area contributed by atoms with E-state index in [0.717, 1.165) is 6.55 Å². The second-order valence-corrected chi connectivity index (χ2v) is 71.8. The fraction of sp³-hybridized carbons (Fsp3) is 1.00. The van der Waals surface area contributed by atoms with E-state index in [-0.39, 0.29) is 0 Å². The third-order valence-electron chi connectivity index (χ3n) is 9.46. The van der Waals surface area contributed by atoms with Gasteiger partial charge in [-0.3, -0.25) is 0 Å². The maximum Gasteiger partial charge on any atom is 0.659 e. The number of hydrogen-bond acceptors (Lipinski definition) is 59. The zero-order valence-corrected chi connectivity index (χ0v) is 62.0. The van der Waals surface area contributed by atoms with Crippen LogP contribution in [0.4, 0.5) is 0 Å². The highest BCUT2D eigenvalue weighted by molar-refractivity contribution is 7.00. The van der Waals surface area contributed by atoms with Gasteiger partial charge in [-0.2, -0.15) is 0 Å². The molecule has 8 unspecified atom stereocenters. The number of hydrogen-bond donors (Lipinski definition) is 23. The first-order chi connectivity index (χ1) is 37.5. The molecule has 0 aliphatic carbocycles. The Morgan fingerprint density at radius 1 is 0.107 bits per heavy atom. The van der Waals surface area contributed by atoms with Crippen LogP contribution < -0.4 is 0 Å². The SMILES string of the molecule is C[Si]12O[Si]3(O)O[Si]4(O)O[Si](O)(O1)O[Si]1(O)O[Si]5(O)O[Si](O)(O2)O[Si](O)(O3)O[Si](O)(O5)O[Si](O)(O4)O1.O[Si]12O[Si]3(O)O[Si](O)(O1)O[Si]1(O)O[Si](O)(O[Si](O)(O1)O3)O2.O[Si]12O[Si]3(O)O[Si]4(O)O[Si](O)(O1)O[Si]1(O)O[Si](O)(O2)O[Si](O)(O3)O[Si](O)(O4)O1. The molecule has 59 nitrogen and oxygen atoms in total. The summed E-state index contributed by atoms with van der Waals surface area (Å²) >= 11 is 0. The fourth-order valence-corrected chi connectivity index (χ4v) is 95.2. The van der Waals surface area contributed by atoms with Crippen LogP contribution in [0.5, 0.6) is 0 Å². The van der Waals surface area contributed by atoms with Gasteiger partial charge in [-0.05, 0) is 0 Å². The molecule has 16 fully saturated rings. The normalized spacial score (nSPS) is 66.0. The van der Waals surface area contributed by atoms with Crippen molar-refractivity contribution in [3.63, 3.8) is 0 Å². The van der Waals surface area contributed by atoms with Gasteiger partial charge in [0.1, 0.15) is 0 Å². The molecule has 16 saturated heterocycles. The van der Waals surface area contributed by atoms with Gasteiger partial charge in [-0.25, -0.2) is 0 Å². The van der Waals surface area contributed by atoms with Crippen molar-refractivity contribution in [2.45, 2.75) is 6.55 Å². The van der Waals surface area contributed by atoms with Crippen LogP contribution in [0.1, 0.15) is 0 Å². The highest BCUT2D eigenvalue weighted by Gasteiger charge is 2.92. The quantitative estimate of drug-likeness (QED) is 0.100. The molecule has 16 aliphatic heterocycles.